The molecule has 2 nitrogen and oxygen atoms in total. The van der Waals surface area contributed by atoms with E-state index in [0.29, 0.717) is 0 Å². The normalized spacial score (nSPS) is 25.7. The Kier molecular flexibility index (Phi) is 3.41. The minimum Gasteiger partial charge on any atom is -0.323 e. The monoisotopic (exact) mass is 283 g/mol. The van der Waals surface area contributed by atoms with Gasteiger partial charge in [-0.15, -0.1) is 0 Å². The first kappa shape index (κ1) is 13.8. The van der Waals surface area contributed by atoms with Gasteiger partial charge < -0.3 is 4.90 Å². The van der Waals surface area contributed by atoms with E-state index in [1.165, 1.54) is 0 Å². The maximum Gasteiger partial charge on any atom is 0.279 e. The third kappa shape index (κ3) is 2.26. The van der Waals surface area contributed by atoms with Gasteiger partial charge in [0.1, 0.15) is 0 Å². The number of carbonyl (C=O) groups is 1. The second-order valence-corrected chi connectivity index (χ2v) is 6.66. The van der Waals surface area contributed by atoms with Gasteiger partial charge in [0, 0.05) is 16.1 Å². The van der Waals surface area contributed by atoms with Crippen LogP contribution in [0.15, 0.2) is 24.3 Å². The molecule has 1 aromatic rings. The van der Waals surface area contributed by atoms with Gasteiger partial charge in [0.05, 0.1) is 0 Å². The quantitative estimate of drug-likeness (QED) is 0.808. The number of likely N-dealkylation sites (tertiary alicyclic amines) is 1. The van der Waals surface area contributed by atoms with Crippen molar-refractivity contribution < 1.29 is 4.79 Å². The van der Waals surface area contributed by atoms with Gasteiger partial charge in [-0.3, -0.25) is 4.79 Å². The van der Waals surface area contributed by atoms with Crippen LogP contribution in [0.5, 0.6) is 0 Å². The van der Waals surface area contributed by atoms with Crippen molar-refractivity contribution in [1.82, 2.24) is 4.90 Å². The fourth-order valence-corrected chi connectivity index (χ4v) is 4.13. The van der Waals surface area contributed by atoms with Crippen LogP contribution in [0.25, 0.3) is 0 Å². The Morgan fingerprint density at radius 1 is 1.39 bits per heavy atom. The Balaban J connectivity index is 2.24. The van der Waals surface area contributed by atoms with E-state index in [2.05, 4.69) is 33.4 Å². The van der Waals surface area contributed by atoms with Gasteiger partial charge in [-0.25, -0.2) is 0 Å². The summed E-state index contributed by atoms with van der Waals surface area (Å²) in [5.74, 6) is 0. The molecule has 0 saturated carbocycles. The fraction of sp³-hybridized carbons (Fsp3) is 0.500. The van der Waals surface area contributed by atoms with Crippen molar-refractivity contribution >= 4 is 29.5 Å². The fourth-order valence-electron chi connectivity index (χ4n) is 3.41. The average molecular weight is 284 g/mol. The van der Waals surface area contributed by atoms with Gasteiger partial charge in [0.2, 0.25) is 0 Å². The number of hydrogen-bond donors (Lipinski definition) is 1. The molecule has 98 valence electrons. The number of benzene rings is 1. The number of rotatable bonds is 2. The van der Waals surface area contributed by atoms with E-state index in [1.54, 1.807) is 0 Å². The first-order valence-electron chi connectivity index (χ1n) is 6.03. The highest BCUT2D eigenvalue weighted by Crippen LogP contribution is 2.47. The van der Waals surface area contributed by atoms with Crippen LogP contribution in [0.1, 0.15) is 32.8 Å². The number of thiol groups is 1. The van der Waals surface area contributed by atoms with E-state index in [0.717, 1.165) is 23.4 Å². The minimum absolute atomic E-state index is 0.116. The van der Waals surface area contributed by atoms with Crippen LogP contribution >= 0.6 is 24.2 Å². The molecule has 1 fully saturated rings. The van der Waals surface area contributed by atoms with Crippen molar-refractivity contribution in [2.24, 2.45) is 0 Å². The van der Waals surface area contributed by atoms with Gasteiger partial charge in [-0.1, -0.05) is 42.4 Å². The molecule has 0 spiro atoms. The van der Waals surface area contributed by atoms with Crippen LogP contribution in [0.4, 0.5) is 4.79 Å². The number of halogens is 1. The predicted molar refractivity (Wildman–Crippen MR) is 78.5 cm³/mol. The Labute approximate surface area is 119 Å². The lowest BCUT2D eigenvalue weighted by Crippen LogP contribution is -2.71. The van der Waals surface area contributed by atoms with Crippen LogP contribution in [-0.2, 0) is 6.42 Å². The van der Waals surface area contributed by atoms with Gasteiger partial charge in [0.25, 0.3) is 5.24 Å². The molecule has 0 unspecified atom stereocenters. The summed E-state index contributed by atoms with van der Waals surface area (Å²) in [6.45, 7) is 6.22. The summed E-state index contributed by atoms with van der Waals surface area (Å²) >= 11 is 10.2. The maximum absolute atomic E-state index is 11.7. The summed E-state index contributed by atoms with van der Waals surface area (Å²) in [6, 6.07) is 7.79. The molecule has 1 saturated heterocycles. The van der Waals surface area contributed by atoms with Crippen LogP contribution in [-0.4, -0.2) is 21.2 Å². The molecule has 18 heavy (non-hydrogen) atoms. The summed E-state index contributed by atoms with van der Waals surface area (Å²) < 4.78 is 0. The predicted octanol–water partition coefficient (Wildman–Crippen LogP) is 4.18. The van der Waals surface area contributed by atoms with Crippen LogP contribution < -0.4 is 0 Å². The SMILES string of the molecule is CC1(C)C[C@](C)(Cc2ccccc2Cl)N1C(=O)S. The zero-order valence-corrected chi connectivity index (χ0v) is 12.6. The Hall–Kier alpha value is -0.670. The molecule has 0 aliphatic carbocycles. The molecule has 0 bridgehead atoms. The molecule has 4 heteroatoms. The lowest BCUT2D eigenvalue weighted by Gasteiger charge is -2.62. The van der Waals surface area contributed by atoms with E-state index < -0.39 is 0 Å². The molecule has 1 aliphatic heterocycles. The van der Waals surface area contributed by atoms with Crippen LogP contribution in [0.3, 0.4) is 0 Å². The summed E-state index contributed by atoms with van der Waals surface area (Å²) in [5, 5.41) is 0.593. The van der Waals surface area contributed by atoms with Crippen molar-refractivity contribution in [2.45, 2.75) is 44.7 Å². The second-order valence-electron chi connectivity index (χ2n) is 5.87. The Morgan fingerprint density at radius 3 is 2.50 bits per heavy atom. The zero-order valence-electron chi connectivity index (χ0n) is 10.9. The lowest BCUT2D eigenvalue weighted by atomic mass is 9.69. The minimum atomic E-state index is -0.187. The highest BCUT2D eigenvalue weighted by molar-refractivity contribution is 7.96. The van der Waals surface area contributed by atoms with Crippen molar-refractivity contribution in [3.05, 3.63) is 34.9 Å². The summed E-state index contributed by atoms with van der Waals surface area (Å²) in [7, 11) is 0. The molecule has 1 amide bonds. The number of nitrogens with zero attached hydrogens (tertiary/aromatic N) is 1. The lowest BCUT2D eigenvalue weighted by molar-refractivity contribution is -0.0660. The third-order valence-corrected chi connectivity index (χ3v) is 4.25. The standard InChI is InChI=1S/C14H18ClNOS/c1-13(2)9-14(3,16(13)12(17)18)8-10-6-4-5-7-11(10)15/h4-7H,8-9H2,1-3H3,(H,17,18)/t14-/m0/s1. The summed E-state index contributed by atoms with van der Waals surface area (Å²) in [6.07, 6.45) is 1.72. The number of hydrogen-bond acceptors (Lipinski definition) is 1. The molecule has 1 atom stereocenters. The van der Waals surface area contributed by atoms with Crippen molar-refractivity contribution in [2.75, 3.05) is 0 Å². The van der Waals surface area contributed by atoms with E-state index in [-0.39, 0.29) is 16.3 Å². The second kappa shape index (κ2) is 4.46. The molecular weight excluding hydrogens is 266 g/mol. The smallest absolute Gasteiger partial charge is 0.279 e. The molecule has 2 rings (SSSR count). The largest absolute Gasteiger partial charge is 0.323 e. The highest BCUT2D eigenvalue weighted by Gasteiger charge is 2.55. The first-order chi connectivity index (χ1) is 8.26. The summed E-state index contributed by atoms with van der Waals surface area (Å²) in [4.78, 5) is 13.5. The topological polar surface area (TPSA) is 20.3 Å². The molecule has 0 aromatic heterocycles. The van der Waals surface area contributed by atoms with Crippen molar-refractivity contribution in [3.63, 3.8) is 0 Å². The first-order valence-corrected chi connectivity index (χ1v) is 6.85. The Bertz CT molecular complexity index is 488. The molecule has 1 heterocycles. The highest BCUT2D eigenvalue weighted by atomic mass is 35.5. The van der Waals surface area contributed by atoms with E-state index in [9.17, 15) is 4.79 Å². The zero-order chi connectivity index (χ0) is 13.6. The van der Waals surface area contributed by atoms with E-state index in [1.807, 2.05) is 29.2 Å². The molecule has 0 radical (unpaired) electrons. The maximum atomic E-state index is 11.7. The Morgan fingerprint density at radius 2 is 2.00 bits per heavy atom. The van der Waals surface area contributed by atoms with Crippen molar-refractivity contribution in [1.29, 1.82) is 0 Å². The van der Waals surface area contributed by atoms with Gasteiger partial charge in [-0.05, 0) is 45.2 Å². The molecule has 0 N–H and O–H groups in total. The average Bonchev–Trinajstić information content (AvgIpc) is 2.18. The molecule has 1 aromatic carbocycles. The number of carbonyl (C=O) groups excluding carboxylic acids is 1. The third-order valence-electron chi connectivity index (χ3n) is 3.68. The molecular formula is C14H18ClNOS. The van der Waals surface area contributed by atoms with E-state index in [4.69, 9.17) is 11.6 Å². The van der Waals surface area contributed by atoms with Crippen LogP contribution in [0, 0.1) is 0 Å². The van der Waals surface area contributed by atoms with Crippen molar-refractivity contribution in [3.8, 4) is 0 Å². The van der Waals surface area contributed by atoms with Gasteiger partial charge >= 0.3 is 0 Å². The summed E-state index contributed by atoms with van der Waals surface area (Å²) in [5.41, 5.74) is 0.777. The van der Waals surface area contributed by atoms with Crippen LogP contribution in [0.2, 0.25) is 5.02 Å². The van der Waals surface area contributed by atoms with E-state index >= 15 is 0 Å². The van der Waals surface area contributed by atoms with Gasteiger partial charge in [-0.2, -0.15) is 0 Å². The van der Waals surface area contributed by atoms with Gasteiger partial charge in [0.15, 0.2) is 0 Å². The number of amides is 1. The molecule has 1 aliphatic rings.